The van der Waals surface area contributed by atoms with E-state index in [-0.39, 0.29) is 22.2 Å². The van der Waals surface area contributed by atoms with E-state index in [1.807, 2.05) is 31.2 Å². The molecular formula is C20H18N4O3S3. The molecule has 0 unspecified atom stereocenters. The third-order valence-electron chi connectivity index (χ3n) is 4.37. The number of carbonyl (C=O) groups excluding carboxylic acids is 1. The number of thiazole rings is 1. The maximum atomic E-state index is 12.6. The minimum atomic E-state index is -3.66. The summed E-state index contributed by atoms with van der Waals surface area (Å²) in [6, 6.07) is 9.16. The molecule has 0 bridgehead atoms. The van der Waals surface area contributed by atoms with Crippen LogP contribution in [0.3, 0.4) is 0 Å². The summed E-state index contributed by atoms with van der Waals surface area (Å²) in [5.74, 6) is -0.106. The van der Waals surface area contributed by atoms with Gasteiger partial charge in [0.15, 0.2) is 5.78 Å². The van der Waals surface area contributed by atoms with Crippen LogP contribution in [0.4, 0.5) is 0 Å². The van der Waals surface area contributed by atoms with Gasteiger partial charge in [-0.15, -0.1) is 22.7 Å². The number of sulfonamides is 1. The number of carbonyl (C=O) groups is 1. The number of ketones is 1. The first-order valence-corrected chi connectivity index (χ1v) is 12.3. The van der Waals surface area contributed by atoms with Crippen molar-refractivity contribution in [2.45, 2.75) is 30.5 Å². The summed E-state index contributed by atoms with van der Waals surface area (Å²) in [6.45, 7) is 1.92. The van der Waals surface area contributed by atoms with Gasteiger partial charge >= 0.3 is 0 Å². The Hall–Kier alpha value is -2.53. The van der Waals surface area contributed by atoms with Crippen molar-refractivity contribution < 1.29 is 13.2 Å². The number of Topliss-reactive ketones (excluding diaryl/α,β-unsaturated/α-hetero) is 1. The van der Waals surface area contributed by atoms with Crippen molar-refractivity contribution in [3.8, 4) is 0 Å². The Labute approximate surface area is 181 Å². The van der Waals surface area contributed by atoms with Crippen LogP contribution in [0.1, 0.15) is 32.5 Å². The molecule has 0 amide bonds. The van der Waals surface area contributed by atoms with Crippen LogP contribution in [0.15, 0.2) is 53.1 Å². The Balaban J connectivity index is 1.36. The van der Waals surface area contributed by atoms with Crippen molar-refractivity contribution >= 4 is 48.6 Å². The van der Waals surface area contributed by atoms with E-state index < -0.39 is 10.0 Å². The molecule has 4 rings (SSSR count). The topological polar surface area (TPSA) is 102 Å². The number of thiophene rings is 1. The lowest BCUT2D eigenvalue weighted by molar-refractivity contribution is 0.0978. The van der Waals surface area contributed by atoms with Gasteiger partial charge in [-0.3, -0.25) is 9.78 Å². The molecule has 1 N–H and O–H groups in total. The first-order valence-electron chi connectivity index (χ1n) is 9.14. The van der Waals surface area contributed by atoms with E-state index in [1.165, 1.54) is 23.7 Å². The zero-order valence-electron chi connectivity index (χ0n) is 16.0. The molecule has 3 aromatic heterocycles. The van der Waals surface area contributed by atoms with Gasteiger partial charge in [-0.25, -0.2) is 23.1 Å². The highest BCUT2D eigenvalue weighted by Gasteiger charge is 2.18. The number of nitrogens with one attached hydrogen (secondary N) is 1. The van der Waals surface area contributed by atoms with Crippen molar-refractivity contribution in [1.29, 1.82) is 0 Å². The van der Waals surface area contributed by atoms with E-state index in [0.29, 0.717) is 18.5 Å². The number of benzene rings is 1. The highest BCUT2D eigenvalue weighted by atomic mass is 32.2. The van der Waals surface area contributed by atoms with Crippen molar-refractivity contribution in [1.82, 2.24) is 19.7 Å². The number of nitrogens with zero attached hydrogens (tertiary/aromatic N) is 3. The molecule has 3 heterocycles. The second-order valence-corrected chi connectivity index (χ2v) is 11.0. The largest absolute Gasteiger partial charge is 0.292 e. The smallest absolute Gasteiger partial charge is 0.250 e. The van der Waals surface area contributed by atoms with Gasteiger partial charge in [-0.2, -0.15) is 0 Å². The van der Waals surface area contributed by atoms with Crippen molar-refractivity contribution in [3.63, 3.8) is 0 Å². The Morgan fingerprint density at radius 1 is 1.07 bits per heavy atom. The van der Waals surface area contributed by atoms with E-state index >= 15 is 0 Å². The molecule has 30 heavy (non-hydrogen) atoms. The molecule has 0 fully saturated rings. The molecule has 0 aliphatic rings. The van der Waals surface area contributed by atoms with Crippen molar-refractivity contribution in [2.75, 3.05) is 0 Å². The van der Waals surface area contributed by atoms with Gasteiger partial charge in [0.2, 0.25) is 10.0 Å². The van der Waals surface area contributed by atoms with Gasteiger partial charge in [0.1, 0.15) is 9.90 Å². The van der Waals surface area contributed by atoms with Crippen LogP contribution in [-0.4, -0.2) is 29.2 Å². The van der Waals surface area contributed by atoms with Crippen LogP contribution in [0.2, 0.25) is 0 Å². The Kier molecular flexibility index (Phi) is 6.00. The maximum absolute atomic E-state index is 12.6. The average Bonchev–Trinajstić information content (AvgIpc) is 3.37. The van der Waals surface area contributed by atoms with Crippen LogP contribution in [0, 0.1) is 6.92 Å². The summed E-state index contributed by atoms with van der Waals surface area (Å²) < 4.78 is 28.8. The predicted octanol–water partition coefficient (Wildman–Crippen LogP) is 3.75. The third-order valence-corrected chi connectivity index (χ3v) is 8.33. The average molecular weight is 459 g/mol. The van der Waals surface area contributed by atoms with Crippen LogP contribution in [0.25, 0.3) is 10.1 Å². The van der Waals surface area contributed by atoms with E-state index in [2.05, 4.69) is 19.7 Å². The summed E-state index contributed by atoms with van der Waals surface area (Å²) in [4.78, 5) is 25.9. The minimum absolute atomic E-state index is 0.00179. The Morgan fingerprint density at radius 2 is 1.90 bits per heavy atom. The lowest BCUT2D eigenvalue weighted by atomic mass is 10.1. The van der Waals surface area contributed by atoms with Crippen LogP contribution < -0.4 is 4.72 Å². The van der Waals surface area contributed by atoms with E-state index in [1.54, 1.807) is 23.6 Å². The summed E-state index contributed by atoms with van der Waals surface area (Å²) in [5.41, 5.74) is 0.710. The van der Waals surface area contributed by atoms with Crippen molar-refractivity contribution in [2.24, 2.45) is 0 Å². The van der Waals surface area contributed by atoms with Crippen LogP contribution in [0.5, 0.6) is 0 Å². The molecular weight excluding hydrogens is 440 g/mol. The molecule has 0 saturated heterocycles. The molecule has 0 saturated carbocycles. The zero-order chi connectivity index (χ0) is 21.1. The summed E-state index contributed by atoms with van der Waals surface area (Å²) >= 11 is 2.79. The quantitative estimate of drug-likeness (QED) is 0.404. The molecule has 0 aliphatic heterocycles. The number of hydrogen-bond acceptors (Lipinski definition) is 8. The number of aromatic nitrogens is 3. The lowest BCUT2D eigenvalue weighted by Gasteiger charge is -2.05. The molecule has 0 spiro atoms. The van der Waals surface area contributed by atoms with Gasteiger partial charge in [0.25, 0.3) is 0 Å². The number of aryl methyl sites for hydroxylation is 2. The standard InChI is InChI=1S/C20H18N4O3S3/c1-13-21-11-16(28-13)6-7-18(25)17-12-22-15(9-23-17)10-24-30(26,27)20-8-14-4-2-3-5-19(14)29-20/h2-5,8-9,11-12,24H,6-7,10H2,1H3. The molecule has 0 aliphatic carbocycles. The first-order chi connectivity index (χ1) is 14.4. The van der Waals surface area contributed by atoms with E-state index in [9.17, 15) is 13.2 Å². The number of fused-ring (bicyclic) bond motifs is 1. The Morgan fingerprint density at radius 3 is 2.60 bits per heavy atom. The van der Waals surface area contributed by atoms with Gasteiger partial charge in [-0.05, 0) is 30.9 Å². The highest BCUT2D eigenvalue weighted by molar-refractivity contribution is 7.91. The second kappa shape index (κ2) is 8.68. The summed E-state index contributed by atoms with van der Waals surface area (Å²) in [5, 5.41) is 1.86. The normalized spacial score (nSPS) is 11.8. The van der Waals surface area contributed by atoms with Gasteiger partial charge in [0, 0.05) is 22.2 Å². The number of hydrogen-bond donors (Lipinski definition) is 1. The van der Waals surface area contributed by atoms with Crippen LogP contribution >= 0.6 is 22.7 Å². The fourth-order valence-electron chi connectivity index (χ4n) is 2.81. The molecule has 0 atom stereocenters. The monoisotopic (exact) mass is 458 g/mol. The predicted molar refractivity (Wildman–Crippen MR) is 117 cm³/mol. The second-order valence-electron chi connectivity index (χ2n) is 6.59. The number of rotatable bonds is 8. The maximum Gasteiger partial charge on any atom is 0.250 e. The Bertz CT molecular complexity index is 1260. The fourth-order valence-corrected chi connectivity index (χ4v) is 6.04. The molecule has 154 valence electrons. The SMILES string of the molecule is Cc1ncc(CCC(=O)c2cnc(CNS(=O)(=O)c3cc4ccccc4s3)cn2)s1. The first kappa shape index (κ1) is 20.7. The minimum Gasteiger partial charge on any atom is -0.292 e. The summed E-state index contributed by atoms with van der Waals surface area (Å²) in [6.07, 6.45) is 5.54. The van der Waals surface area contributed by atoms with Crippen LogP contribution in [-0.2, 0) is 23.0 Å². The molecule has 1 aromatic carbocycles. The molecule has 0 radical (unpaired) electrons. The van der Waals surface area contributed by atoms with Gasteiger partial charge in [-0.1, -0.05) is 18.2 Å². The highest BCUT2D eigenvalue weighted by Crippen LogP contribution is 2.28. The fraction of sp³-hybridized carbons (Fsp3) is 0.200. The molecule has 7 nitrogen and oxygen atoms in total. The van der Waals surface area contributed by atoms with Gasteiger partial charge in [0.05, 0.1) is 29.6 Å². The third kappa shape index (κ3) is 4.78. The van der Waals surface area contributed by atoms with E-state index in [4.69, 9.17) is 0 Å². The summed E-state index contributed by atoms with van der Waals surface area (Å²) in [7, 11) is -3.66. The lowest BCUT2D eigenvalue weighted by Crippen LogP contribution is -2.23. The molecule has 4 aromatic rings. The zero-order valence-corrected chi connectivity index (χ0v) is 18.5. The van der Waals surface area contributed by atoms with Crippen molar-refractivity contribution in [3.05, 3.63) is 70.2 Å². The molecule has 10 heteroatoms. The van der Waals surface area contributed by atoms with E-state index in [0.717, 1.165) is 20.0 Å². The van der Waals surface area contributed by atoms with Gasteiger partial charge < -0.3 is 0 Å².